The van der Waals surface area contributed by atoms with Crippen molar-refractivity contribution < 1.29 is 4.74 Å². The van der Waals surface area contributed by atoms with Crippen molar-refractivity contribution in [3.05, 3.63) is 30.6 Å². The number of piperidine rings is 1. The molecule has 1 aromatic carbocycles. The molecule has 20 heavy (non-hydrogen) atoms. The maximum Gasteiger partial charge on any atom is 0.0632 e. The van der Waals surface area contributed by atoms with Gasteiger partial charge < -0.3 is 15.4 Å². The highest BCUT2D eigenvalue weighted by Crippen LogP contribution is 2.32. The molecular weight excluding hydrogens is 250 g/mol. The van der Waals surface area contributed by atoms with Crippen LogP contribution in [0.1, 0.15) is 19.8 Å². The van der Waals surface area contributed by atoms with E-state index in [0.717, 1.165) is 54.7 Å². The van der Waals surface area contributed by atoms with Gasteiger partial charge in [0.15, 0.2) is 0 Å². The first-order chi connectivity index (χ1) is 9.79. The minimum Gasteiger partial charge on any atom is -0.397 e. The number of pyridine rings is 1. The van der Waals surface area contributed by atoms with Crippen LogP contribution in [0.15, 0.2) is 30.6 Å². The largest absolute Gasteiger partial charge is 0.397 e. The fourth-order valence-electron chi connectivity index (χ4n) is 2.96. The molecule has 0 unspecified atom stereocenters. The lowest BCUT2D eigenvalue weighted by Gasteiger charge is -2.34. The summed E-state index contributed by atoms with van der Waals surface area (Å²) in [5, 5.41) is 2.18. The van der Waals surface area contributed by atoms with Crippen LogP contribution in [-0.4, -0.2) is 30.8 Å². The van der Waals surface area contributed by atoms with Gasteiger partial charge in [-0.3, -0.25) is 4.98 Å². The lowest BCUT2D eigenvalue weighted by Crippen LogP contribution is -2.37. The van der Waals surface area contributed by atoms with Gasteiger partial charge in [-0.2, -0.15) is 0 Å². The molecule has 0 atom stereocenters. The molecule has 1 aromatic heterocycles. The van der Waals surface area contributed by atoms with Gasteiger partial charge in [0.2, 0.25) is 0 Å². The number of hydrogen-bond donors (Lipinski definition) is 1. The Hall–Kier alpha value is -1.81. The van der Waals surface area contributed by atoms with E-state index in [1.54, 1.807) is 6.20 Å². The first-order valence-electron chi connectivity index (χ1n) is 7.28. The maximum atomic E-state index is 6.34. The molecule has 4 heteroatoms. The molecule has 0 bridgehead atoms. The third-order valence-electron chi connectivity index (χ3n) is 4.02. The maximum absolute atomic E-state index is 6.34. The van der Waals surface area contributed by atoms with Crippen LogP contribution in [-0.2, 0) is 4.74 Å². The van der Waals surface area contributed by atoms with Crippen molar-refractivity contribution in [2.24, 2.45) is 0 Å². The molecule has 2 N–H and O–H groups in total. The van der Waals surface area contributed by atoms with Gasteiger partial charge in [-0.05, 0) is 31.9 Å². The zero-order valence-electron chi connectivity index (χ0n) is 11.9. The number of anilines is 2. The predicted octanol–water partition coefficient (Wildman–Crippen LogP) is 2.82. The van der Waals surface area contributed by atoms with E-state index < -0.39 is 0 Å². The Morgan fingerprint density at radius 3 is 2.85 bits per heavy atom. The Morgan fingerprint density at radius 1 is 1.30 bits per heavy atom. The molecule has 2 aromatic rings. The van der Waals surface area contributed by atoms with Crippen LogP contribution < -0.4 is 10.6 Å². The summed E-state index contributed by atoms with van der Waals surface area (Å²) in [5.41, 5.74) is 8.34. The molecule has 1 aliphatic rings. The molecule has 1 saturated heterocycles. The van der Waals surface area contributed by atoms with Crippen LogP contribution >= 0.6 is 0 Å². The van der Waals surface area contributed by atoms with Gasteiger partial charge in [0.25, 0.3) is 0 Å². The Kier molecular flexibility index (Phi) is 3.74. The second-order valence-electron chi connectivity index (χ2n) is 5.24. The number of benzene rings is 1. The number of hydrogen-bond acceptors (Lipinski definition) is 4. The summed E-state index contributed by atoms with van der Waals surface area (Å²) in [4.78, 5) is 6.51. The summed E-state index contributed by atoms with van der Waals surface area (Å²) in [5.74, 6) is 0. The highest BCUT2D eigenvalue weighted by atomic mass is 16.5. The molecule has 0 amide bonds. The Morgan fingerprint density at radius 2 is 2.10 bits per heavy atom. The summed E-state index contributed by atoms with van der Waals surface area (Å²) in [6, 6.07) is 6.20. The molecule has 0 saturated carbocycles. The normalized spacial score (nSPS) is 16.8. The third kappa shape index (κ3) is 2.43. The molecule has 3 rings (SSSR count). The van der Waals surface area contributed by atoms with Crippen molar-refractivity contribution >= 4 is 22.1 Å². The summed E-state index contributed by atoms with van der Waals surface area (Å²) < 4.78 is 5.70. The average Bonchev–Trinajstić information content (AvgIpc) is 2.49. The lowest BCUT2D eigenvalue weighted by atomic mass is 10.0. The topological polar surface area (TPSA) is 51.4 Å². The highest BCUT2D eigenvalue weighted by molar-refractivity contribution is 5.98. The van der Waals surface area contributed by atoms with Crippen molar-refractivity contribution in [3.8, 4) is 0 Å². The first-order valence-corrected chi connectivity index (χ1v) is 7.28. The SMILES string of the molecule is CCOC1CCN(c2ccc3cnccc3c2N)CC1. The first kappa shape index (κ1) is 13.2. The standard InChI is InChI=1S/C16H21N3O/c1-2-20-13-6-9-19(10-7-13)15-4-3-12-11-18-8-5-14(12)16(15)17/h3-5,8,11,13H,2,6-7,9-10,17H2,1H3. The van der Waals surface area contributed by atoms with Crippen LogP contribution in [0, 0.1) is 0 Å². The minimum atomic E-state index is 0.405. The van der Waals surface area contributed by atoms with Crippen LogP contribution in [0.4, 0.5) is 11.4 Å². The minimum absolute atomic E-state index is 0.405. The molecular formula is C16H21N3O. The second kappa shape index (κ2) is 5.67. The second-order valence-corrected chi connectivity index (χ2v) is 5.24. The van der Waals surface area contributed by atoms with E-state index in [0.29, 0.717) is 6.10 Å². The number of aromatic nitrogens is 1. The van der Waals surface area contributed by atoms with Crippen LogP contribution in [0.5, 0.6) is 0 Å². The van der Waals surface area contributed by atoms with Gasteiger partial charge in [-0.1, -0.05) is 6.07 Å². The molecule has 1 fully saturated rings. The molecule has 1 aliphatic heterocycles. The Labute approximate surface area is 119 Å². The molecule has 0 spiro atoms. The fourth-order valence-corrected chi connectivity index (χ4v) is 2.96. The zero-order chi connectivity index (χ0) is 13.9. The molecule has 0 aliphatic carbocycles. The quantitative estimate of drug-likeness (QED) is 0.872. The van der Waals surface area contributed by atoms with E-state index in [2.05, 4.69) is 28.9 Å². The number of nitrogens with zero attached hydrogens (tertiary/aromatic N) is 2. The van der Waals surface area contributed by atoms with Crippen LogP contribution in [0.2, 0.25) is 0 Å². The van der Waals surface area contributed by atoms with Crippen molar-refractivity contribution in [1.29, 1.82) is 0 Å². The summed E-state index contributed by atoms with van der Waals surface area (Å²) in [6.07, 6.45) is 6.20. The zero-order valence-corrected chi connectivity index (χ0v) is 11.9. The monoisotopic (exact) mass is 271 g/mol. The summed E-state index contributed by atoms with van der Waals surface area (Å²) in [7, 11) is 0. The van der Waals surface area contributed by atoms with E-state index in [-0.39, 0.29) is 0 Å². The van der Waals surface area contributed by atoms with Crippen molar-refractivity contribution in [3.63, 3.8) is 0 Å². The molecule has 4 nitrogen and oxygen atoms in total. The number of ether oxygens (including phenoxy) is 1. The number of fused-ring (bicyclic) bond motifs is 1. The van der Waals surface area contributed by atoms with Gasteiger partial charge in [0.05, 0.1) is 17.5 Å². The smallest absolute Gasteiger partial charge is 0.0632 e. The molecule has 0 radical (unpaired) electrons. The van der Waals surface area contributed by atoms with Gasteiger partial charge in [0, 0.05) is 42.9 Å². The van der Waals surface area contributed by atoms with Crippen molar-refractivity contribution in [2.75, 3.05) is 30.3 Å². The van der Waals surface area contributed by atoms with E-state index >= 15 is 0 Å². The average molecular weight is 271 g/mol. The van der Waals surface area contributed by atoms with E-state index in [4.69, 9.17) is 10.5 Å². The van der Waals surface area contributed by atoms with Gasteiger partial charge in [-0.25, -0.2) is 0 Å². The van der Waals surface area contributed by atoms with Gasteiger partial charge >= 0.3 is 0 Å². The van der Waals surface area contributed by atoms with Crippen molar-refractivity contribution in [2.45, 2.75) is 25.9 Å². The van der Waals surface area contributed by atoms with Crippen LogP contribution in [0.3, 0.4) is 0 Å². The van der Waals surface area contributed by atoms with Gasteiger partial charge in [-0.15, -0.1) is 0 Å². The van der Waals surface area contributed by atoms with E-state index in [1.165, 1.54) is 0 Å². The third-order valence-corrected chi connectivity index (χ3v) is 4.02. The summed E-state index contributed by atoms with van der Waals surface area (Å²) in [6.45, 7) is 4.87. The summed E-state index contributed by atoms with van der Waals surface area (Å²) >= 11 is 0. The molecule has 2 heterocycles. The predicted molar refractivity (Wildman–Crippen MR) is 83.0 cm³/mol. The van der Waals surface area contributed by atoms with Gasteiger partial charge in [0.1, 0.15) is 0 Å². The Bertz CT molecular complexity index is 591. The highest BCUT2D eigenvalue weighted by Gasteiger charge is 2.21. The van der Waals surface area contributed by atoms with E-state index in [1.807, 2.05) is 12.3 Å². The fraction of sp³-hybridized carbons (Fsp3) is 0.438. The van der Waals surface area contributed by atoms with E-state index in [9.17, 15) is 0 Å². The van der Waals surface area contributed by atoms with Crippen LogP contribution in [0.25, 0.3) is 10.8 Å². The number of nitrogen functional groups attached to an aromatic ring is 1. The number of rotatable bonds is 3. The lowest BCUT2D eigenvalue weighted by molar-refractivity contribution is 0.0459. The Balaban J connectivity index is 1.83. The molecule has 106 valence electrons. The number of nitrogens with two attached hydrogens (primary N) is 1. The van der Waals surface area contributed by atoms with Crippen molar-refractivity contribution in [1.82, 2.24) is 4.98 Å².